The van der Waals surface area contributed by atoms with Crippen LogP contribution in [-0.4, -0.2) is 54.4 Å². The van der Waals surface area contributed by atoms with E-state index in [0.717, 1.165) is 5.01 Å². The molecule has 3 amide bonds. The van der Waals surface area contributed by atoms with Crippen LogP contribution in [0, 0.1) is 5.92 Å². The normalized spacial score (nSPS) is 14.8. The molecule has 1 aliphatic rings. The molecule has 36 heavy (non-hydrogen) atoms. The quantitative estimate of drug-likeness (QED) is 0.471. The van der Waals surface area contributed by atoms with Gasteiger partial charge in [-0.3, -0.25) is 29.6 Å². The third kappa shape index (κ3) is 7.19. The Labute approximate surface area is 216 Å². The maximum atomic E-state index is 12.4. The van der Waals surface area contributed by atoms with Gasteiger partial charge in [0.25, 0.3) is 11.8 Å². The van der Waals surface area contributed by atoms with Crippen molar-refractivity contribution in [2.24, 2.45) is 5.92 Å². The maximum Gasteiger partial charge on any atom is 0.338 e. The van der Waals surface area contributed by atoms with Crippen LogP contribution in [0.15, 0.2) is 42.5 Å². The van der Waals surface area contributed by atoms with Crippen molar-refractivity contribution >= 4 is 58.5 Å². The van der Waals surface area contributed by atoms with Gasteiger partial charge < -0.3 is 14.8 Å². The van der Waals surface area contributed by atoms with E-state index in [1.165, 1.54) is 42.5 Å². The highest BCUT2D eigenvalue weighted by Gasteiger charge is 2.36. The highest BCUT2D eigenvalue weighted by Crippen LogP contribution is 2.23. The van der Waals surface area contributed by atoms with Crippen LogP contribution in [0.2, 0.25) is 10.0 Å². The van der Waals surface area contributed by atoms with E-state index in [-0.39, 0.29) is 28.6 Å². The third-order valence-corrected chi connectivity index (χ3v) is 5.80. The van der Waals surface area contributed by atoms with Gasteiger partial charge in [-0.05, 0) is 48.9 Å². The molecule has 1 aliphatic heterocycles. The lowest BCUT2D eigenvalue weighted by molar-refractivity contribution is -0.151. The van der Waals surface area contributed by atoms with Gasteiger partial charge in [0.1, 0.15) is 0 Å². The molecule has 0 radical (unpaired) electrons. The third-order valence-electron chi connectivity index (χ3n) is 5.06. The number of benzene rings is 2. The van der Waals surface area contributed by atoms with Crippen molar-refractivity contribution in [3.63, 3.8) is 0 Å². The molecule has 0 aromatic heterocycles. The number of nitrogens with one attached hydrogen (secondary N) is 2. The van der Waals surface area contributed by atoms with E-state index in [0.29, 0.717) is 24.3 Å². The Hall–Kier alpha value is -3.63. The molecule has 1 saturated heterocycles. The molecule has 0 spiro atoms. The average molecular weight is 536 g/mol. The standard InChI is InChI=1S/C24H23Cl2N3O7/c1-2-9-35-23(33)14-3-6-17(7-4-14)27-20(30)13-36-24(34)16-11-21(31)29(12-16)28-22(32)15-5-8-18(25)19(26)10-15/h3-8,10,16H,2,9,11-13H2,1H3,(H,27,30)(H,28,32)/t16-/m0/s1. The monoisotopic (exact) mass is 535 g/mol. The second-order valence-electron chi connectivity index (χ2n) is 7.84. The summed E-state index contributed by atoms with van der Waals surface area (Å²) >= 11 is 11.7. The summed E-state index contributed by atoms with van der Waals surface area (Å²) in [6, 6.07) is 10.3. The van der Waals surface area contributed by atoms with E-state index in [2.05, 4.69) is 10.7 Å². The van der Waals surface area contributed by atoms with Crippen molar-refractivity contribution < 1.29 is 33.4 Å². The summed E-state index contributed by atoms with van der Waals surface area (Å²) < 4.78 is 10.1. The van der Waals surface area contributed by atoms with Crippen LogP contribution < -0.4 is 10.7 Å². The number of halogens is 2. The first-order valence-corrected chi connectivity index (χ1v) is 11.7. The number of rotatable bonds is 9. The second-order valence-corrected chi connectivity index (χ2v) is 8.66. The lowest BCUT2D eigenvalue weighted by Crippen LogP contribution is -2.43. The molecule has 0 aliphatic carbocycles. The minimum atomic E-state index is -0.854. The lowest BCUT2D eigenvalue weighted by Gasteiger charge is -2.17. The molecule has 190 valence electrons. The van der Waals surface area contributed by atoms with Crippen molar-refractivity contribution in [1.29, 1.82) is 0 Å². The zero-order valence-electron chi connectivity index (χ0n) is 19.2. The van der Waals surface area contributed by atoms with Crippen LogP contribution in [0.4, 0.5) is 5.69 Å². The van der Waals surface area contributed by atoms with Gasteiger partial charge in [-0.1, -0.05) is 30.1 Å². The number of hydrogen-bond acceptors (Lipinski definition) is 7. The molecule has 2 aromatic carbocycles. The molecule has 0 bridgehead atoms. The van der Waals surface area contributed by atoms with Crippen LogP contribution in [-0.2, 0) is 23.9 Å². The number of esters is 2. The zero-order chi connectivity index (χ0) is 26.2. The molecule has 3 rings (SSSR count). The average Bonchev–Trinajstić information content (AvgIpc) is 3.23. The molecule has 1 heterocycles. The number of carbonyl (C=O) groups excluding carboxylic acids is 5. The van der Waals surface area contributed by atoms with Crippen LogP contribution in [0.25, 0.3) is 0 Å². The van der Waals surface area contributed by atoms with Crippen molar-refractivity contribution in [3.05, 3.63) is 63.6 Å². The molecule has 0 saturated carbocycles. The molecule has 2 N–H and O–H groups in total. The minimum absolute atomic E-state index is 0.109. The van der Waals surface area contributed by atoms with Crippen molar-refractivity contribution in [2.75, 3.05) is 25.1 Å². The van der Waals surface area contributed by atoms with Crippen molar-refractivity contribution in [1.82, 2.24) is 10.4 Å². The van der Waals surface area contributed by atoms with Gasteiger partial charge in [0.2, 0.25) is 5.91 Å². The van der Waals surface area contributed by atoms with E-state index < -0.39 is 42.2 Å². The predicted molar refractivity (Wildman–Crippen MR) is 130 cm³/mol. The number of carbonyl (C=O) groups is 5. The lowest BCUT2D eigenvalue weighted by atomic mass is 10.1. The zero-order valence-corrected chi connectivity index (χ0v) is 20.7. The fourth-order valence-electron chi connectivity index (χ4n) is 3.22. The first kappa shape index (κ1) is 27.0. The SMILES string of the molecule is CCCOC(=O)c1ccc(NC(=O)COC(=O)[C@H]2CC(=O)N(NC(=O)c3ccc(Cl)c(Cl)c3)C2)cc1. The molecule has 2 aromatic rings. The molecule has 1 atom stereocenters. The number of ether oxygens (including phenoxy) is 2. The molecule has 10 nitrogen and oxygen atoms in total. The fourth-order valence-corrected chi connectivity index (χ4v) is 3.52. The van der Waals surface area contributed by atoms with Crippen LogP contribution >= 0.6 is 23.2 Å². The summed E-state index contributed by atoms with van der Waals surface area (Å²) in [6.45, 7) is 1.52. The molecule has 12 heteroatoms. The van der Waals surface area contributed by atoms with E-state index in [9.17, 15) is 24.0 Å². The smallest absolute Gasteiger partial charge is 0.338 e. The van der Waals surface area contributed by atoms with Crippen molar-refractivity contribution in [3.8, 4) is 0 Å². The van der Waals surface area contributed by atoms with E-state index in [1.54, 1.807) is 0 Å². The predicted octanol–water partition coefficient (Wildman–Crippen LogP) is 3.24. The number of amides is 3. The van der Waals surface area contributed by atoms with Gasteiger partial charge in [-0.15, -0.1) is 0 Å². The first-order chi connectivity index (χ1) is 17.2. The summed E-state index contributed by atoms with van der Waals surface area (Å²) in [5, 5.41) is 4.02. The number of hydrogen-bond donors (Lipinski definition) is 2. The Morgan fingerprint density at radius 2 is 1.69 bits per heavy atom. The summed E-state index contributed by atoms with van der Waals surface area (Å²) in [5.41, 5.74) is 3.35. The summed E-state index contributed by atoms with van der Waals surface area (Å²) in [4.78, 5) is 60.9. The van der Waals surface area contributed by atoms with E-state index in [1.807, 2.05) is 6.92 Å². The van der Waals surface area contributed by atoms with Gasteiger partial charge in [0, 0.05) is 17.7 Å². The summed E-state index contributed by atoms with van der Waals surface area (Å²) in [5.74, 6) is -3.74. The Morgan fingerprint density at radius 1 is 1.00 bits per heavy atom. The fraction of sp³-hybridized carbons (Fsp3) is 0.292. The summed E-state index contributed by atoms with van der Waals surface area (Å²) in [6.07, 6.45) is 0.525. The highest BCUT2D eigenvalue weighted by atomic mass is 35.5. The number of nitrogens with zero attached hydrogens (tertiary/aromatic N) is 1. The number of hydrazine groups is 1. The van der Waals surface area contributed by atoms with Gasteiger partial charge >= 0.3 is 11.9 Å². The minimum Gasteiger partial charge on any atom is -0.462 e. The van der Waals surface area contributed by atoms with E-state index in [4.69, 9.17) is 32.7 Å². The van der Waals surface area contributed by atoms with Gasteiger partial charge in [0.15, 0.2) is 6.61 Å². The maximum absolute atomic E-state index is 12.4. The van der Waals surface area contributed by atoms with E-state index >= 15 is 0 Å². The highest BCUT2D eigenvalue weighted by molar-refractivity contribution is 6.42. The molecule has 1 fully saturated rings. The van der Waals surface area contributed by atoms with Crippen LogP contribution in [0.1, 0.15) is 40.5 Å². The first-order valence-electron chi connectivity index (χ1n) is 11.0. The van der Waals surface area contributed by atoms with Gasteiger partial charge in [-0.25, -0.2) is 4.79 Å². The Morgan fingerprint density at radius 3 is 2.36 bits per heavy atom. The second kappa shape index (κ2) is 12.4. The van der Waals surface area contributed by atoms with Gasteiger partial charge in [0.05, 0.1) is 34.7 Å². The molecular weight excluding hydrogens is 513 g/mol. The van der Waals surface area contributed by atoms with Crippen LogP contribution in [0.5, 0.6) is 0 Å². The van der Waals surface area contributed by atoms with Crippen molar-refractivity contribution in [2.45, 2.75) is 19.8 Å². The Bertz CT molecular complexity index is 1170. The van der Waals surface area contributed by atoms with Gasteiger partial charge in [-0.2, -0.15) is 0 Å². The Balaban J connectivity index is 1.45. The summed E-state index contributed by atoms with van der Waals surface area (Å²) in [7, 11) is 0. The number of anilines is 1. The largest absolute Gasteiger partial charge is 0.462 e. The van der Waals surface area contributed by atoms with Crippen LogP contribution in [0.3, 0.4) is 0 Å². The molecule has 0 unspecified atom stereocenters. The molecular formula is C24H23Cl2N3O7. The topological polar surface area (TPSA) is 131 Å². The Kier molecular flexibility index (Phi) is 9.26.